The number of hydrogen-bond acceptors (Lipinski definition) is 5. The van der Waals surface area contributed by atoms with Crippen LogP contribution in [0.1, 0.15) is 43.8 Å². The molecule has 0 aliphatic carbocycles. The van der Waals surface area contributed by atoms with Gasteiger partial charge in [0.15, 0.2) is 0 Å². The molecule has 0 bridgehead atoms. The zero-order valence-corrected chi connectivity index (χ0v) is 18.1. The zero-order chi connectivity index (χ0) is 21.7. The molecule has 3 rings (SSSR count). The van der Waals surface area contributed by atoms with Crippen molar-refractivity contribution in [2.75, 3.05) is 36.4 Å². The smallest absolute Gasteiger partial charge is 0.246 e. The Labute approximate surface area is 177 Å². The van der Waals surface area contributed by atoms with Gasteiger partial charge in [0.1, 0.15) is 11.6 Å². The van der Waals surface area contributed by atoms with Gasteiger partial charge >= 0.3 is 0 Å². The Kier molecular flexibility index (Phi) is 6.82. The summed E-state index contributed by atoms with van der Waals surface area (Å²) >= 11 is 0. The predicted molar refractivity (Wildman–Crippen MR) is 119 cm³/mol. The Morgan fingerprint density at radius 3 is 2.33 bits per heavy atom. The Morgan fingerprint density at radius 2 is 1.73 bits per heavy atom. The van der Waals surface area contributed by atoms with Gasteiger partial charge < -0.3 is 15.1 Å². The molecule has 1 saturated heterocycles. The lowest BCUT2D eigenvalue weighted by molar-refractivity contribution is -0.126. The van der Waals surface area contributed by atoms with E-state index in [4.69, 9.17) is 4.98 Å². The fraction of sp³-hybridized carbons (Fsp3) is 0.391. The molecule has 1 N–H and O–H groups in total. The number of benzene rings is 1. The number of amides is 2. The van der Waals surface area contributed by atoms with Crippen LogP contribution in [0.2, 0.25) is 0 Å². The van der Waals surface area contributed by atoms with Crippen LogP contribution >= 0.6 is 0 Å². The van der Waals surface area contributed by atoms with Crippen molar-refractivity contribution in [3.05, 3.63) is 53.5 Å². The van der Waals surface area contributed by atoms with Gasteiger partial charge in [-0.05, 0) is 30.7 Å². The average molecular weight is 408 g/mol. The molecule has 0 saturated carbocycles. The lowest BCUT2D eigenvalue weighted by atomic mass is 10.2. The molecule has 2 aromatic rings. The summed E-state index contributed by atoms with van der Waals surface area (Å²) in [7, 11) is 0. The van der Waals surface area contributed by atoms with Gasteiger partial charge in [-0.3, -0.25) is 9.59 Å². The number of hydrogen-bond donors (Lipinski definition) is 1. The second-order valence-corrected chi connectivity index (χ2v) is 7.83. The molecule has 7 nitrogen and oxygen atoms in total. The van der Waals surface area contributed by atoms with Crippen LogP contribution in [0, 0.1) is 6.92 Å². The van der Waals surface area contributed by atoms with Gasteiger partial charge in [-0.2, -0.15) is 0 Å². The highest BCUT2D eigenvalue weighted by Gasteiger charge is 2.21. The first kappa shape index (κ1) is 21.5. The molecule has 7 heteroatoms. The molecule has 0 radical (unpaired) electrons. The molecular formula is C23H29N5O2. The van der Waals surface area contributed by atoms with Crippen LogP contribution in [0.5, 0.6) is 0 Å². The topological polar surface area (TPSA) is 78.4 Å². The number of carbonyl (C=O) groups excluding carboxylic acids is 2. The third kappa shape index (κ3) is 5.65. The second kappa shape index (κ2) is 9.52. The highest BCUT2D eigenvalue weighted by molar-refractivity contribution is 5.92. The van der Waals surface area contributed by atoms with Gasteiger partial charge in [0, 0.05) is 62.5 Å². The number of nitrogens with one attached hydrogen (secondary N) is 1. The van der Waals surface area contributed by atoms with Crippen molar-refractivity contribution in [1.29, 1.82) is 0 Å². The van der Waals surface area contributed by atoms with E-state index in [0.717, 1.165) is 41.7 Å². The van der Waals surface area contributed by atoms with E-state index in [1.807, 2.05) is 42.2 Å². The maximum absolute atomic E-state index is 12.6. The lowest BCUT2D eigenvalue weighted by Gasteiger charge is -2.35. The van der Waals surface area contributed by atoms with Gasteiger partial charge in [-0.1, -0.05) is 26.0 Å². The number of nitrogens with zero attached hydrogens (tertiary/aromatic N) is 4. The third-order valence-electron chi connectivity index (χ3n) is 4.94. The Bertz CT molecular complexity index is 929. The molecule has 1 fully saturated rings. The molecule has 1 aromatic carbocycles. The van der Waals surface area contributed by atoms with Crippen molar-refractivity contribution in [3.8, 4) is 0 Å². The molecule has 2 heterocycles. The summed E-state index contributed by atoms with van der Waals surface area (Å²) in [6.45, 7) is 10.5. The first-order chi connectivity index (χ1) is 14.3. The second-order valence-electron chi connectivity index (χ2n) is 7.83. The van der Waals surface area contributed by atoms with Crippen LogP contribution < -0.4 is 10.2 Å². The molecule has 1 aliphatic heterocycles. The minimum Gasteiger partial charge on any atom is -0.353 e. The van der Waals surface area contributed by atoms with Crippen molar-refractivity contribution in [1.82, 2.24) is 14.9 Å². The summed E-state index contributed by atoms with van der Waals surface area (Å²) in [5, 5.41) is 2.73. The zero-order valence-electron chi connectivity index (χ0n) is 18.1. The number of rotatable bonds is 5. The number of carbonyl (C=O) groups is 2. The van der Waals surface area contributed by atoms with Crippen molar-refractivity contribution in [2.24, 2.45) is 0 Å². The van der Waals surface area contributed by atoms with E-state index in [9.17, 15) is 9.59 Å². The van der Waals surface area contributed by atoms with Crippen molar-refractivity contribution in [2.45, 2.75) is 33.6 Å². The van der Waals surface area contributed by atoms with Crippen molar-refractivity contribution >= 4 is 29.4 Å². The largest absolute Gasteiger partial charge is 0.353 e. The summed E-state index contributed by atoms with van der Waals surface area (Å²) in [5.41, 5.74) is 2.62. The summed E-state index contributed by atoms with van der Waals surface area (Å²) < 4.78 is 0. The van der Waals surface area contributed by atoms with E-state index in [1.54, 1.807) is 12.2 Å². The number of aromatic nitrogens is 2. The average Bonchev–Trinajstić information content (AvgIpc) is 2.72. The van der Waals surface area contributed by atoms with Crippen LogP contribution in [-0.4, -0.2) is 52.9 Å². The standard InChI is InChI=1S/C23H29N5O2/c1-16(2)23-24-17(3)15-21(26-23)27-11-13-28(14-12-27)22(30)10-7-19-5-8-20(9-6-19)25-18(4)29/h5-10,15-16H,11-14H2,1-4H3,(H,25,29)/b10-7+. The van der Waals surface area contributed by atoms with Gasteiger partial charge in [0.05, 0.1) is 0 Å². The summed E-state index contributed by atoms with van der Waals surface area (Å²) in [4.78, 5) is 36.9. The molecule has 0 unspecified atom stereocenters. The van der Waals surface area contributed by atoms with E-state index in [0.29, 0.717) is 13.1 Å². The number of piperazine rings is 1. The monoisotopic (exact) mass is 407 g/mol. The Morgan fingerprint density at radius 1 is 1.07 bits per heavy atom. The molecule has 158 valence electrons. The first-order valence-corrected chi connectivity index (χ1v) is 10.3. The van der Waals surface area contributed by atoms with Gasteiger partial charge in [0.2, 0.25) is 11.8 Å². The Balaban J connectivity index is 1.56. The molecule has 1 aromatic heterocycles. The van der Waals surface area contributed by atoms with E-state index >= 15 is 0 Å². The van der Waals surface area contributed by atoms with Crippen LogP contribution in [-0.2, 0) is 9.59 Å². The van der Waals surface area contributed by atoms with E-state index in [-0.39, 0.29) is 17.7 Å². The van der Waals surface area contributed by atoms with Gasteiger partial charge in [-0.25, -0.2) is 9.97 Å². The molecule has 0 spiro atoms. The number of anilines is 2. The van der Waals surface area contributed by atoms with Crippen LogP contribution in [0.3, 0.4) is 0 Å². The normalized spacial score (nSPS) is 14.4. The Hall–Kier alpha value is -3.22. The molecule has 0 atom stereocenters. The van der Waals surface area contributed by atoms with E-state index in [2.05, 4.69) is 29.0 Å². The van der Waals surface area contributed by atoms with E-state index < -0.39 is 0 Å². The van der Waals surface area contributed by atoms with Crippen LogP contribution in [0.4, 0.5) is 11.5 Å². The SMILES string of the molecule is CC(=O)Nc1ccc(/C=C/C(=O)N2CCN(c3cc(C)nc(C(C)C)n3)CC2)cc1. The summed E-state index contributed by atoms with van der Waals surface area (Å²) in [6, 6.07) is 9.39. The minimum atomic E-state index is -0.106. The van der Waals surface area contributed by atoms with E-state index in [1.165, 1.54) is 6.92 Å². The molecular weight excluding hydrogens is 378 g/mol. The summed E-state index contributed by atoms with van der Waals surface area (Å²) in [6.07, 6.45) is 3.41. The maximum Gasteiger partial charge on any atom is 0.246 e. The minimum absolute atomic E-state index is 0.00215. The fourth-order valence-electron chi connectivity index (χ4n) is 3.30. The lowest BCUT2D eigenvalue weighted by Crippen LogP contribution is -2.48. The van der Waals surface area contributed by atoms with Crippen LogP contribution in [0.15, 0.2) is 36.4 Å². The van der Waals surface area contributed by atoms with Crippen LogP contribution in [0.25, 0.3) is 6.08 Å². The number of aryl methyl sites for hydroxylation is 1. The fourth-order valence-corrected chi connectivity index (χ4v) is 3.30. The molecule has 2 amide bonds. The van der Waals surface area contributed by atoms with Crippen molar-refractivity contribution in [3.63, 3.8) is 0 Å². The first-order valence-electron chi connectivity index (χ1n) is 10.3. The molecule has 30 heavy (non-hydrogen) atoms. The van der Waals surface area contributed by atoms with Gasteiger partial charge in [0.25, 0.3) is 0 Å². The van der Waals surface area contributed by atoms with Gasteiger partial charge in [-0.15, -0.1) is 0 Å². The third-order valence-corrected chi connectivity index (χ3v) is 4.94. The van der Waals surface area contributed by atoms with Crippen molar-refractivity contribution < 1.29 is 9.59 Å². The maximum atomic E-state index is 12.6. The quantitative estimate of drug-likeness (QED) is 0.770. The highest BCUT2D eigenvalue weighted by atomic mass is 16.2. The summed E-state index contributed by atoms with van der Waals surface area (Å²) in [5.74, 6) is 1.97. The highest BCUT2D eigenvalue weighted by Crippen LogP contribution is 2.19. The predicted octanol–water partition coefficient (Wildman–Crippen LogP) is 3.23. The molecule has 1 aliphatic rings.